The van der Waals surface area contributed by atoms with E-state index in [4.69, 9.17) is 0 Å². The van der Waals surface area contributed by atoms with Crippen LogP contribution in [-0.4, -0.2) is 36.1 Å². The molecule has 1 heterocycles. The monoisotopic (exact) mass is 281 g/mol. The number of halogens is 2. The molecule has 1 aliphatic rings. The Morgan fingerprint density at radius 1 is 1.40 bits per heavy atom. The van der Waals surface area contributed by atoms with E-state index in [9.17, 15) is 18.4 Å². The fourth-order valence-electron chi connectivity index (χ4n) is 2.48. The first-order valence-corrected chi connectivity index (χ1v) is 6.74. The summed E-state index contributed by atoms with van der Waals surface area (Å²) in [5.74, 6) is -1.64. The minimum atomic E-state index is -0.712. The van der Waals surface area contributed by atoms with E-state index in [1.165, 1.54) is 0 Å². The summed E-state index contributed by atoms with van der Waals surface area (Å²) in [6.45, 7) is 2.96. The molecule has 5 heteroatoms. The van der Waals surface area contributed by atoms with E-state index in [0.717, 1.165) is 24.6 Å². The highest BCUT2D eigenvalue weighted by molar-refractivity contribution is 5.98. The van der Waals surface area contributed by atoms with Crippen molar-refractivity contribution in [1.29, 1.82) is 0 Å². The number of Topliss-reactive ketones (excluding diaryl/α,β-unsaturated/α-hetero) is 2. The predicted octanol–water partition coefficient (Wildman–Crippen LogP) is 2.45. The second-order valence-corrected chi connectivity index (χ2v) is 5.10. The van der Waals surface area contributed by atoms with E-state index in [0.29, 0.717) is 19.5 Å². The van der Waals surface area contributed by atoms with Gasteiger partial charge in [0.05, 0.1) is 12.1 Å². The molecule has 0 spiro atoms. The van der Waals surface area contributed by atoms with Crippen molar-refractivity contribution in [1.82, 2.24) is 4.90 Å². The number of ketones is 2. The lowest BCUT2D eigenvalue weighted by Crippen LogP contribution is -2.43. The van der Waals surface area contributed by atoms with Gasteiger partial charge in [0.1, 0.15) is 17.4 Å². The second-order valence-electron chi connectivity index (χ2n) is 5.10. The molecule has 0 amide bonds. The first kappa shape index (κ1) is 14.8. The molecule has 0 radical (unpaired) electrons. The van der Waals surface area contributed by atoms with Gasteiger partial charge in [0.15, 0.2) is 5.78 Å². The Kier molecular flexibility index (Phi) is 4.60. The molecule has 1 atom stereocenters. The Labute approximate surface area is 116 Å². The number of likely N-dealkylation sites (tertiary alicyclic amines) is 1. The Morgan fingerprint density at radius 2 is 2.15 bits per heavy atom. The maximum atomic E-state index is 13.5. The molecule has 0 saturated carbocycles. The number of carbonyl (C=O) groups excluding carboxylic acids is 2. The van der Waals surface area contributed by atoms with Crippen molar-refractivity contribution in [3.05, 3.63) is 35.4 Å². The SMILES string of the molecule is CCC1CN(CC(=O)c2cc(F)ccc2F)CCC1=O. The maximum absolute atomic E-state index is 13.5. The van der Waals surface area contributed by atoms with E-state index < -0.39 is 17.4 Å². The summed E-state index contributed by atoms with van der Waals surface area (Å²) < 4.78 is 26.6. The molecule has 1 aliphatic heterocycles. The van der Waals surface area contributed by atoms with Crippen LogP contribution in [-0.2, 0) is 4.79 Å². The molecule has 1 aromatic carbocycles. The van der Waals surface area contributed by atoms with Crippen LogP contribution in [0, 0.1) is 17.6 Å². The lowest BCUT2D eigenvalue weighted by molar-refractivity contribution is -0.126. The minimum absolute atomic E-state index is 0.0180. The molecule has 0 aliphatic carbocycles. The number of benzene rings is 1. The topological polar surface area (TPSA) is 37.4 Å². The zero-order valence-electron chi connectivity index (χ0n) is 11.4. The van der Waals surface area contributed by atoms with Crippen molar-refractivity contribution in [2.45, 2.75) is 19.8 Å². The van der Waals surface area contributed by atoms with Gasteiger partial charge in [-0.25, -0.2) is 8.78 Å². The average Bonchev–Trinajstić information content (AvgIpc) is 2.43. The van der Waals surface area contributed by atoms with Crippen LogP contribution in [0.15, 0.2) is 18.2 Å². The Hall–Kier alpha value is -1.62. The van der Waals surface area contributed by atoms with E-state index in [-0.39, 0.29) is 23.8 Å². The highest BCUT2D eigenvalue weighted by atomic mass is 19.1. The van der Waals surface area contributed by atoms with Crippen LogP contribution in [0.25, 0.3) is 0 Å². The van der Waals surface area contributed by atoms with Gasteiger partial charge in [-0.3, -0.25) is 14.5 Å². The third kappa shape index (κ3) is 3.28. The zero-order chi connectivity index (χ0) is 14.7. The number of rotatable bonds is 4. The summed E-state index contributed by atoms with van der Waals surface area (Å²) >= 11 is 0. The summed E-state index contributed by atoms with van der Waals surface area (Å²) in [5.41, 5.74) is -0.227. The Bertz CT molecular complexity index is 531. The van der Waals surface area contributed by atoms with Gasteiger partial charge in [-0.1, -0.05) is 6.92 Å². The quantitative estimate of drug-likeness (QED) is 0.796. The third-order valence-electron chi connectivity index (χ3n) is 3.70. The molecular weight excluding hydrogens is 264 g/mol. The van der Waals surface area contributed by atoms with Crippen molar-refractivity contribution in [2.75, 3.05) is 19.6 Å². The predicted molar refractivity (Wildman–Crippen MR) is 70.5 cm³/mol. The number of carbonyl (C=O) groups is 2. The van der Waals surface area contributed by atoms with Crippen molar-refractivity contribution < 1.29 is 18.4 Å². The van der Waals surface area contributed by atoms with Crippen LogP contribution in [0.1, 0.15) is 30.1 Å². The van der Waals surface area contributed by atoms with Crippen molar-refractivity contribution in [3.63, 3.8) is 0 Å². The van der Waals surface area contributed by atoms with Crippen LogP contribution in [0.4, 0.5) is 8.78 Å². The summed E-state index contributed by atoms with van der Waals surface area (Å²) in [6.07, 6.45) is 1.15. The number of piperidine rings is 1. The van der Waals surface area contributed by atoms with Gasteiger partial charge in [0.25, 0.3) is 0 Å². The zero-order valence-corrected chi connectivity index (χ0v) is 11.4. The number of hydrogen-bond donors (Lipinski definition) is 0. The van der Waals surface area contributed by atoms with Gasteiger partial charge in [-0.2, -0.15) is 0 Å². The normalized spacial score (nSPS) is 20.1. The molecule has 1 unspecified atom stereocenters. The van der Waals surface area contributed by atoms with E-state index in [1.54, 1.807) is 0 Å². The minimum Gasteiger partial charge on any atom is -0.299 e. The summed E-state index contributed by atoms with van der Waals surface area (Å²) in [6, 6.07) is 2.86. The first-order chi connectivity index (χ1) is 9.51. The summed E-state index contributed by atoms with van der Waals surface area (Å²) in [5, 5.41) is 0. The summed E-state index contributed by atoms with van der Waals surface area (Å²) in [4.78, 5) is 25.5. The van der Waals surface area contributed by atoms with Crippen LogP contribution < -0.4 is 0 Å². The third-order valence-corrected chi connectivity index (χ3v) is 3.70. The first-order valence-electron chi connectivity index (χ1n) is 6.74. The van der Waals surface area contributed by atoms with Crippen molar-refractivity contribution >= 4 is 11.6 Å². The van der Waals surface area contributed by atoms with Crippen molar-refractivity contribution in [2.24, 2.45) is 5.92 Å². The lowest BCUT2D eigenvalue weighted by atomic mass is 9.94. The van der Waals surface area contributed by atoms with Crippen LogP contribution >= 0.6 is 0 Å². The molecule has 108 valence electrons. The standard InChI is InChI=1S/C15H17F2NO2/c1-2-10-8-18(6-5-14(10)19)9-15(20)12-7-11(16)3-4-13(12)17/h3-4,7,10H,2,5-6,8-9H2,1H3. The smallest absolute Gasteiger partial charge is 0.179 e. The molecule has 3 nitrogen and oxygen atoms in total. The molecule has 1 fully saturated rings. The summed E-state index contributed by atoms with van der Waals surface area (Å²) in [7, 11) is 0. The van der Waals surface area contributed by atoms with Gasteiger partial charge in [0.2, 0.25) is 0 Å². The van der Waals surface area contributed by atoms with Crippen LogP contribution in [0.3, 0.4) is 0 Å². The molecule has 1 aromatic rings. The fourth-order valence-corrected chi connectivity index (χ4v) is 2.48. The molecule has 1 saturated heterocycles. The van der Waals surface area contributed by atoms with Gasteiger partial charge >= 0.3 is 0 Å². The molecule has 2 rings (SSSR count). The number of nitrogens with zero attached hydrogens (tertiary/aromatic N) is 1. The van der Waals surface area contributed by atoms with E-state index in [2.05, 4.69) is 0 Å². The molecule has 0 N–H and O–H groups in total. The molecular formula is C15H17F2NO2. The largest absolute Gasteiger partial charge is 0.299 e. The van der Waals surface area contributed by atoms with E-state index >= 15 is 0 Å². The highest BCUT2D eigenvalue weighted by Crippen LogP contribution is 2.17. The number of hydrogen-bond acceptors (Lipinski definition) is 3. The Morgan fingerprint density at radius 3 is 2.85 bits per heavy atom. The van der Waals surface area contributed by atoms with E-state index in [1.807, 2.05) is 11.8 Å². The second kappa shape index (κ2) is 6.22. The highest BCUT2D eigenvalue weighted by Gasteiger charge is 2.27. The van der Waals surface area contributed by atoms with Gasteiger partial charge in [-0.15, -0.1) is 0 Å². The molecule has 0 bridgehead atoms. The maximum Gasteiger partial charge on any atom is 0.179 e. The lowest BCUT2D eigenvalue weighted by Gasteiger charge is -2.30. The van der Waals surface area contributed by atoms with Gasteiger partial charge in [-0.05, 0) is 24.6 Å². The Balaban J connectivity index is 2.04. The average molecular weight is 281 g/mol. The van der Waals surface area contributed by atoms with Crippen LogP contribution in [0.5, 0.6) is 0 Å². The van der Waals surface area contributed by atoms with Crippen LogP contribution in [0.2, 0.25) is 0 Å². The van der Waals surface area contributed by atoms with Gasteiger partial charge in [0, 0.05) is 25.4 Å². The molecule has 0 aromatic heterocycles. The fraction of sp³-hybridized carbons (Fsp3) is 0.467. The molecule has 20 heavy (non-hydrogen) atoms. The van der Waals surface area contributed by atoms with Crippen molar-refractivity contribution in [3.8, 4) is 0 Å². The van der Waals surface area contributed by atoms with Gasteiger partial charge < -0.3 is 0 Å².